The zero-order valence-electron chi connectivity index (χ0n) is 15.0. The maximum absolute atomic E-state index is 12.4. The first-order chi connectivity index (χ1) is 12.6. The lowest BCUT2D eigenvalue weighted by Crippen LogP contribution is -2.09. The summed E-state index contributed by atoms with van der Waals surface area (Å²) in [6.07, 6.45) is 1.51. The highest BCUT2D eigenvalue weighted by Crippen LogP contribution is 2.34. The molecule has 0 atom stereocenters. The van der Waals surface area contributed by atoms with E-state index < -0.39 is 5.97 Å². The molecule has 3 aromatic rings. The van der Waals surface area contributed by atoms with Gasteiger partial charge in [-0.05, 0) is 44.2 Å². The van der Waals surface area contributed by atoms with Gasteiger partial charge in [0.05, 0.1) is 30.1 Å². The van der Waals surface area contributed by atoms with Crippen molar-refractivity contribution in [2.45, 2.75) is 13.8 Å². The predicted molar refractivity (Wildman–Crippen MR) is 111 cm³/mol. The number of hydrogen-bond donors (Lipinski definition) is 1. The molecule has 0 aliphatic rings. The molecule has 0 saturated carbocycles. The van der Waals surface area contributed by atoms with Gasteiger partial charge in [-0.2, -0.15) is 0 Å². The largest absolute Gasteiger partial charge is 0.492 e. The summed E-state index contributed by atoms with van der Waals surface area (Å²) in [5, 5.41) is 4.60. The van der Waals surface area contributed by atoms with Crippen molar-refractivity contribution in [1.82, 2.24) is 4.98 Å². The molecule has 0 aliphatic carbocycles. The summed E-state index contributed by atoms with van der Waals surface area (Å²) in [6, 6.07) is 12.9. The number of rotatable bonds is 6. The van der Waals surface area contributed by atoms with Crippen molar-refractivity contribution in [3.8, 4) is 5.75 Å². The summed E-state index contributed by atoms with van der Waals surface area (Å²) >= 11 is 6.17. The molecule has 0 amide bonds. The highest BCUT2D eigenvalue weighted by Gasteiger charge is 2.18. The minimum absolute atomic E-state index is 0. The maximum atomic E-state index is 12.4. The number of carbonyl (C=O) groups excluding carboxylic acids is 1. The third-order valence-electron chi connectivity index (χ3n) is 3.77. The third-order valence-corrected chi connectivity index (χ3v) is 4.01. The van der Waals surface area contributed by atoms with Gasteiger partial charge in [0.25, 0.3) is 0 Å². The molecule has 27 heavy (non-hydrogen) atoms. The Morgan fingerprint density at radius 3 is 2.67 bits per heavy atom. The van der Waals surface area contributed by atoms with Gasteiger partial charge in [-0.15, -0.1) is 12.4 Å². The Morgan fingerprint density at radius 1 is 1.15 bits per heavy atom. The van der Waals surface area contributed by atoms with Gasteiger partial charge in [0.15, 0.2) is 0 Å². The number of nitrogens with one attached hydrogen (secondary N) is 1. The van der Waals surface area contributed by atoms with Crippen LogP contribution in [0.4, 0.5) is 11.4 Å². The van der Waals surface area contributed by atoms with Crippen LogP contribution < -0.4 is 10.1 Å². The molecule has 0 saturated heterocycles. The quantitative estimate of drug-likeness (QED) is 0.537. The van der Waals surface area contributed by atoms with E-state index >= 15 is 0 Å². The molecule has 0 bridgehead atoms. The first-order valence-electron chi connectivity index (χ1n) is 8.38. The van der Waals surface area contributed by atoms with Crippen molar-refractivity contribution >= 4 is 52.3 Å². The molecule has 3 rings (SSSR count). The molecule has 7 heteroatoms. The molecule has 1 heterocycles. The number of ether oxygens (including phenoxy) is 2. The number of para-hydroxylation sites is 2. The Balaban J connectivity index is 0.00000261. The van der Waals surface area contributed by atoms with Gasteiger partial charge < -0.3 is 14.8 Å². The highest BCUT2D eigenvalue weighted by molar-refractivity contribution is 6.31. The van der Waals surface area contributed by atoms with E-state index in [1.54, 1.807) is 19.1 Å². The minimum Gasteiger partial charge on any atom is -0.492 e. The predicted octanol–water partition coefficient (Wildman–Crippen LogP) is 5.63. The van der Waals surface area contributed by atoms with E-state index in [0.717, 1.165) is 16.6 Å². The fourth-order valence-corrected chi connectivity index (χ4v) is 2.82. The summed E-state index contributed by atoms with van der Waals surface area (Å²) in [7, 11) is 0. The van der Waals surface area contributed by atoms with Gasteiger partial charge in [-0.3, -0.25) is 4.98 Å². The third kappa shape index (κ3) is 4.62. The lowest BCUT2D eigenvalue weighted by Gasteiger charge is -2.16. The number of benzene rings is 2. The zero-order chi connectivity index (χ0) is 18.5. The van der Waals surface area contributed by atoms with E-state index in [0.29, 0.717) is 28.6 Å². The summed E-state index contributed by atoms with van der Waals surface area (Å²) in [6.45, 7) is 4.50. The summed E-state index contributed by atoms with van der Waals surface area (Å²) in [5.74, 6) is 0.245. The summed E-state index contributed by atoms with van der Waals surface area (Å²) < 4.78 is 10.9. The Labute approximate surface area is 169 Å². The SMILES string of the molecule is CCOC(=O)c1cnc2ccc(Cl)cc2c1Nc1ccccc1OCC.Cl. The van der Waals surface area contributed by atoms with E-state index in [1.165, 1.54) is 6.20 Å². The number of pyridine rings is 1. The molecule has 0 unspecified atom stereocenters. The Bertz CT molecular complexity index is 948. The van der Waals surface area contributed by atoms with Crippen LogP contribution in [0.3, 0.4) is 0 Å². The topological polar surface area (TPSA) is 60.5 Å². The van der Waals surface area contributed by atoms with E-state index in [4.69, 9.17) is 21.1 Å². The average molecular weight is 407 g/mol. The number of esters is 1. The highest BCUT2D eigenvalue weighted by atomic mass is 35.5. The molecular formula is C20H20Cl2N2O3. The van der Waals surface area contributed by atoms with Crippen LogP contribution in [0.2, 0.25) is 5.02 Å². The van der Waals surface area contributed by atoms with E-state index in [9.17, 15) is 4.79 Å². The van der Waals surface area contributed by atoms with Crippen LogP contribution >= 0.6 is 24.0 Å². The second-order valence-electron chi connectivity index (χ2n) is 5.48. The van der Waals surface area contributed by atoms with Crippen LogP contribution in [-0.2, 0) is 4.74 Å². The van der Waals surface area contributed by atoms with Gasteiger partial charge in [-0.1, -0.05) is 23.7 Å². The Kier molecular flexibility index (Phi) is 7.28. The number of hydrogen-bond acceptors (Lipinski definition) is 5. The molecule has 0 radical (unpaired) electrons. The molecule has 142 valence electrons. The van der Waals surface area contributed by atoms with Crippen LogP contribution in [0.5, 0.6) is 5.75 Å². The number of nitrogens with zero attached hydrogens (tertiary/aromatic N) is 1. The van der Waals surface area contributed by atoms with Crippen LogP contribution in [0.15, 0.2) is 48.7 Å². The van der Waals surface area contributed by atoms with Crippen molar-refractivity contribution < 1.29 is 14.3 Å². The van der Waals surface area contributed by atoms with Crippen LogP contribution in [0.25, 0.3) is 10.9 Å². The summed E-state index contributed by atoms with van der Waals surface area (Å²) in [5.41, 5.74) is 2.39. The Hall–Kier alpha value is -2.50. The first kappa shape index (κ1) is 20.8. The Morgan fingerprint density at radius 2 is 1.93 bits per heavy atom. The monoisotopic (exact) mass is 406 g/mol. The second-order valence-corrected chi connectivity index (χ2v) is 5.92. The van der Waals surface area contributed by atoms with Gasteiger partial charge in [-0.25, -0.2) is 4.79 Å². The van der Waals surface area contributed by atoms with Crippen LogP contribution in [0.1, 0.15) is 24.2 Å². The van der Waals surface area contributed by atoms with E-state index in [-0.39, 0.29) is 19.0 Å². The first-order valence-corrected chi connectivity index (χ1v) is 8.76. The van der Waals surface area contributed by atoms with Crippen molar-refractivity contribution in [2.24, 2.45) is 0 Å². The van der Waals surface area contributed by atoms with E-state index in [1.807, 2.05) is 37.3 Å². The van der Waals surface area contributed by atoms with Gasteiger partial charge in [0.2, 0.25) is 0 Å². The van der Waals surface area contributed by atoms with E-state index in [2.05, 4.69) is 10.3 Å². The fraction of sp³-hybridized carbons (Fsp3) is 0.200. The lowest BCUT2D eigenvalue weighted by molar-refractivity contribution is 0.0527. The normalized spacial score (nSPS) is 10.2. The molecule has 5 nitrogen and oxygen atoms in total. The molecule has 1 aromatic heterocycles. The standard InChI is InChI=1S/C20H19ClN2O3.ClH/c1-3-25-18-8-6-5-7-17(18)23-19-14-11-13(21)9-10-16(14)22-12-15(19)20(24)26-4-2;/h5-12H,3-4H2,1-2H3,(H,22,23);1H. The molecule has 0 aliphatic heterocycles. The van der Waals surface area contributed by atoms with Crippen molar-refractivity contribution in [3.63, 3.8) is 0 Å². The number of halogens is 2. The van der Waals surface area contributed by atoms with Crippen LogP contribution in [0, 0.1) is 0 Å². The molecular weight excluding hydrogens is 387 g/mol. The number of anilines is 2. The summed E-state index contributed by atoms with van der Waals surface area (Å²) in [4.78, 5) is 16.8. The number of aromatic nitrogens is 1. The van der Waals surface area contributed by atoms with Crippen molar-refractivity contribution in [3.05, 3.63) is 59.2 Å². The molecule has 1 N–H and O–H groups in total. The zero-order valence-corrected chi connectivity index (χ0v) is 16.6. The van der Waals surface area contributed by atoms with Gasteiger partial charge in [0.1, 0.15) is 11.3 Å². The smallest absolute Gasteiger partial charge is 0.341 e. The van der Waals surface area contributed by atoms with Crippen molar-refractivity contribution in [2.75, 3.05) is 18.5 Å². The van der Waals surface area contributed by atoms with Crippen molar-refractivity contribution in [1.29, 1.82) is 0 Å². The molecule has 0 spiro atoms. The lowest BCUT2D eigenvalue weighted by atomic mass is 10.1. The van der Waals surface area contributed by atoms with Crippen LogP contribution in [-0.4, -0.2) is 24.2 Å². The average Bonchev–Trinajstić information content (AvgIpc) is 2.64. The minimum atomic E-state index is -0.446. The van der Waals surface area contributed by atoms with Gasteiger partial charge >= 0.3 is 5.97 Å². The fourth-order valence-electron chi connectivity index (χ4n) is 2.65. The maximum Gasteiger partial charge on any atom is 0.341 e. The molecule has 2 aromatic carbocycles. The number of fused-ring (bicyclic) bond motifs is 1. The van der Waals surface area contributed by atoms with Gasteiger partial charge in [0, 0.05) is 16.6 Å². The molecule has 0 fully saturated rings. The number of carbonyl (C=O) groups is 1. The second kappa shape index (κ2) is 9.44.